The Labute approximate surface area is 108 Å². The molecule has 4 nitrogen and oxygen atoms in total. The first-order valence-corrected chi connectivity index (χ1v) is 5.93. The van der Waals surface area contributed by atoms with Crippen molar-refractivity contribution in [1.29, 1.82) is 0 Å². The Balaban J connectivity index is 2.14. The Hall–Kier alpha value is -1.62. The van der Waals surface area contributed by atoms with E-state index in [9.17, 15) is 4.79 Å². The van der Waals surface area contributed by atoms with Crippen molar-refractivity contribution in [1.82, 2.24) is 9.78 Å². The van der Waals surface area contributed by atoms with Gasteiger partial charge in [0.1, 0.15) is 0 Å². The maximum absolute atomic E-state index is 11.9. The molecule has 17 heavy (non-hydrogen) atoms. The van der Waals surface area contributed by atoms with E-state index < -0.39 is 0 Å². The van der Waals surface area contributed by atoms with Crippen LogP contribution in [0.25, 0.3) is 0 Å². The molecule has 0 aliphatic carbocycles. The molecule has 0 saturated heterocycles. The number of carbonyl (C=O) groups excluding carboxylic acids is 1. The molecule has 1 N–H and O–H groups in total. The molecular formula is C12H12BrN3O. The van der Waals surface area contributed by atoms with Gasteiger partial charge >= 0.3 is 0 Å². The second-order valence-corrected chi connectivity index (χ2v) is 4.67. The van der Waals surface area contributed by atoms with E-state index in [0.717, 1.165) is 15.9 Å². The van der Waals surface area contributed by atoms with Gasteiger partial charge in [-0.25, -0.2) is 0 Å². The lowest BCUT2D eigenvalue weighted by molar-refractivity contribution is 0.102. The van der Waals surface area contributed by atoms with E-state index in [4.69, 9.17) is 0 Å². The van der Waals surface area contributed by atoms with Crippen LogP contribution in [-0.2, 0) is 7.05 Å². The highest BCUT2D eigenvalue weighted by Gasteiger charge is 2.10. The number of benzene rings is 1. The topological polar surface area (TPSA) is 46.9 Å². The largest absolute Gasteiger partial charge is 0.321 e. The summed E-state index contributed by atoms with van der Waals surface area (Å²) in [6.07, 6.45) is 0. The lowest BCUT2D eigenvalue weighted by Gasteiger charge is -2.02. The van der Waals surface area contributed by atoms with Gasteiger partial charge in [-0.1, -0.05) is 15.9 Å². The number of hydrogen-bond donors (Lipinski definition) is 1. The molecule has 0 aliphatic rings. The summed E-state index contributed by atoms with van der Waals surface area (Å²) in [4.78, 5) is 11.9. The quantitative estimate of drug-likeness (QED) is 0.925. The molecule has 1 amide bonds. The molecule has 1 aromatic heterocycles. The van der Waals surface area contributed by atoms with E-state index in [-0.39, 0.29) is 5.91 Å². The van der Waals surface area contributed by atoms with Crippen molar-refractivity contribution in [2.75, 3.05) is 5.32 Å². The van der Waals surface area contributed by atoms with Crippen LogP contribution in [0.4, 0.5) is 5.69 Å². The first-order valence-electron chi connectivity index (χ1n) is 5.14. The Morgan fingerprint density at radius 3 is 2.53 bits per heavy atom. The number of anilines is 1. The number of rotatable bonds is 2. The first-order chi connectivity index (χ1) is 8.06. The third-order valence-corrected chi connectivity index (χ3v) is 2.98. The van der Waals surface area contributed by atoms with Gasteiger partial charge in [0.25, 0.3) is 5.91 Å². The van der Waals surface area contributed by atoms with E-state index in [1.54, 1.807) is 10.7 Å². The molecule has 1 heterocycles. The average Bonchev–Trinajstić information content (AvgIpc) is 2.63. The zero-order valence-corrected chi connectivity index (χ0v) is 11.2. The lowest BCUT2D eigenvalue weighted by Crippen LogP contribution is -2.12. The van der Waals surface area contributed by atoms with Crippen molar-refractivity contribution in [3.8, 4) is 0 Å². The highest BCUT2D eigenvalue weighted by atomic mass is 79.9. The van der Waals surface area contributed by atoms with Gasteiger partial charge in [0, 0.05) is 22.9 Å². The predicted molar refractivity (Wildman–Crippen MR) is 70.0 cm³/mol. The predicted octanol–water partition coefficient (Wildman–Crippen LogP) is 2.74. The molecule has 0 aliphatic heterocycles. The minimum Gasteiger partial charge on any atom is -0.321 e. The lowest BCUT2D eigenvalue weighted by atomic mass is 10.3. The fraction of sp³-hybridized carbons (Fsp3) is 0.167. The smallest absolute Gasteiger partial charge is 0.276 e. The van der Waals surface area contributed by atoms with E-state index in [2.05, 4.69) is 26.3 Å². The molecule has 0 bridgehead atoms. The van der Waals surface area contributed by atoms with Gasteiger partial charge in [-0.2, -0.15) is 5.10 Å². The number of nitrogens with zero attached hydrogens (tertiary/aromatic N) is 2. The molecule has 0 radical (unpaired) electrons. The van der Waals surface area contributed by atoms with Crippen molar-refractivity contribution < 1.29 is 4.79 Å². The fourth-order valence-electron chi connectivity index (χ4n) is 1.40. The van der Waals surface area contributed by atoms with Gasteiger partial charge in [0.05, 0.1) is 0 Å². The van der Waals surface area contributed by atoms with E-state index in [1.807, 2.05) is 38.2 Å². The minimum absolute atomic E-state index is 0.198. The molecule has 2 rings (SSSR count). The van der Waals surface area contributed by atoms with Gasteiger partial charge < -0.3 is 5.32 Å². The molecule has 2 aromatic rings. The number of hydrogen-bond acceptors (Lipinski definition) is 2. The molecule has 0 atom stereocenters. The van der Waals surface area contributed by atoms with Crippen LogP contribution >= 0.6 is 15.9 Å². The first kappa shape index (κ1) is 11.9. The number of aromatic nitrogens is 2. The van der Waals surface area contributed by atoms with Crippen LogP contribution in [0.5, 0.6) is 0 Å². The van der Waals surface area contributed by atoms with Gasteiger partial charge in [0.15, 0.2) is 5.69 Å². The number of aryl methyl sites for hydroxylation is 2. The highest BCUT2D eigenvalue weighted by Crippen LogP contribution is 2.15. The van der Waals surface area contributed by atoms with Crippen LogP contribution in [0, 0.1) is 6.92 Å². The normalized spacial score (nSPS) is 10.3. The molecule has 0 spiro atoms. The van der Waals surface area contributed by atoms with Gasteiger partial charge in [-0.3, -0.25) is 9.48 Å². The van der Waals surface area contributed by atoms with Crippen LogP contribution in [0.15, 0.2) is 34.8 Å². The monoisotopic (exact) mass is 293 g/mol. The van der Waals surface area contributed by atoms with Crippen LogP contribution in [0.3, 0.4) is 0 Å². The van der Waals surface area contributed by atoms with Crippen LogP contribution < -0.4 is 5.32 Å². The molecule has 1 aromatic carbocycles. The van der Waals surface area contributed by atoms with Crippen LogP contribution in [-0.4, -0.2) is 15.7 Å². The third kappa shape index (κ3) is 2.74. The van der Waals surface area contributed by atoms with Crippen molar-refractivity contribution in [2.24, 2.45) is 7.05 Å². The summed E-state index contributed by atoms with van der Waals surface area (Å²) in [7, 11) is 1.81. The minimum atomic E-state index is -0.198. The zero-order valence-electron chi connectivity index (χ0n) is 9.57. The molecule has 0 fully saturated rings. The molecule has 0 unspecified atom stereocenters. The van der Waals surface area contributed by atoms with Crippen LogP contribution in [0.1, 0.15) is 16.2 Å². The zero-order chi connectivity index (χ0) is 12.4. The van der Waals surface area contributed by atoms with Crippen molar-refractivity contribution >= 4 is 27.5 Å². The van der Waals surface area contributed by atoms with Gasteiger partial charge in [0.2, 0.25) is 0 Å². The number of carbonyl (C=O) groups is 1. The Morgan fingerprint density at radius 2 is 2.00 bits per heavy atom. The highest BCUT2D eigenvalue weighted by molar-refractivity contribution is 9.10. The number of nitrogens with one attached hydrogen (secondary N) is 1. The van der Waals surface area contributed by atoms with E-state index in [1.165, 1.54) is 0 Å². The van der Waals surface area contributed by atoms with Crippen molar-refractivity contribution in [2.45, 2.75) is 6.92 Å². The Bertz CT molecular complexity index is 526. The summed E-state index contributed by atoms with van der Waals surface area (Å²) in [5.74, 6) is -0.198. The standard InChI is InChI=1S/C12H12BrN3O/c1-8-7-11(15-16(8)2)12(17)14-10-5-3-9(13)4-6-10/h3-7H,1-2H3,(H,14,17). The summed E-state index contributed by atoms with van der Waals surface area (Å²) in [5, 5.41) is 6.91. The Kier molecular flexibility index (Phi) is 3.28. The third-order valence-electron chi connectivity index (χ3n) is 2.45. The fourth-order valence-corrected chi connectivity index (χ4v) is 1.66. The number of halogens is 1. The van der Waals surface area contributed by atoms with Gasteiger partial charge in [-0.15, -0.1) is 0 Å². The summed E-state index contributed by atoms with van der Waals surface area (Å²) >= 11 is 3.34. The summed E-state index contributed by atoms with van der Waals surface area (Å²) in [6, 6.07) is 9.17. The molecule has 5 heteroatoms. The van der Waals surface area contributed by atoms with E-state index >= 15 is 0 Å². The summed E-state index contributed by atoms with van der Waals surface area (Å²) in [6.45, 7) is 1.91. The van der Waals surface area contributed by atoms with Gasteiger partial charge in [-0.05, 0) is 37.3 Å². The van der Waals surface area contributed by atoms with Crippen LogP contribution in [0.2, 0.25) is 0 Å². The number of amides is 1. The second-order valence-electron chi connectivity index (χ2n) is 3.76. The Morgan fingerprint density at radius 1 is 1.35 bits per heavy atom. The molecule has 0 saturated carbocycles. The summed E-state index contributed by atoms with van der Waals surface area (Å²) < 4.78 is 2.65. The molecule has 88 valence electrons. The maximum atomic E-state index is 11.9. The van der Waals surface area contributed by atoms with E-state index in [0.29, 0.717) is 5.69 Å². The van der Waals surface area contributed by atoms with Crippen molar-refractivity contribution in [3.05, 3.63) is 46.2 Å². The SMILES string of the molecule is Cc1cc(C(=O)Nc2ccc(Br)cc2)nn1C. The van der Waals surface area contributed by atoms with Crippen molar-refractivity contribution in [3.63, 3.8) is 0 Å². The maximum Gasteiger partial charge on any atom is 0.276 e. The summed E-state index contributed by atoms with van der Waals surface area (Å²) in [5.41, 5.74) is 2.13. The molecular weight excluding hydrogens is 282 g/mol. The average molecular weight is 294 g/mol. The second kappa shape index (κ2) is 4.71.